The van der Waals surface area contributed by atoms with Crippen LogP contribution >= 0.6 is 0 Å². The van der Waals surface area contributed by atoms with E-state index in [0.717, 1.165) is 24.8 Å². The highest BCUT2D eigenvalue weighted by atomic mass is 16.5. The van der Waals surface area contributed by atoms with Gasteiger partial charge in [-0.3, -0.25) is 4.90 Å². The van der Waals surface area contributed by atoms with Gasteiger partial charge in [0, 0.05) is 13.1 Å². The Labute approximate surface area is 124 Å². The van der Waals surface area contributed by atoms with Gasteiger partial charge in [0.15, 0.2) is 0 Å². The highest BCUT2D eigenvalue weighted by Crippen LogP contribution is 2.24. The minimum absolute atomic E-state index is 0.211. The predicted octanol–water partition coefficient (Wildman–Crippen LogP) is 4.09. The van der Waals surface area contributed by atoms with Crippen molar-refractivity contribution in [2.75, 3.05) is 26.2 Å². The third-order valence-electron chi connectivity index (χ3n) is 4.14. The van der Waals surface area contributed by atoms with E-state index in [4.69, 9.17) is 4.74 Å². The minimum atomic E-state index is 0.211. The molecule has 1 aromatic rings. The van der Waals surface area contributed by atoms with Crippen LogP contribution in [0.25, 0.3) is 0 Å². The standard InChI is InChI=1S/C18H29NO/c1-15-6-5-11-19(14-15)12-13-20-17-9-7-16(8-10-17)18(2,3)4/h7-10,15H,5-6,11-14H2,1-4H3. The Balaban J connectivity index is 1.77. The van der Waals surface area contributed by atoms with Crippen LogP contribution in [0.3, 0.4) is 0 Å². The van der Waals surface area contributed by atoms with Crippen molar-refractivity contribution in [2.24, 2.45) is 5.92 Å². The SMILES string of the molecule is CC1CCCN(CCOc2ccc(C(C)(C)C)cc2)C1. The van der Waals surface area contributed by atoms with E-state index in [1.165, 1.54) is 31.5 Å². The zero-order chi connectivity index (χ0) is 14.6. The summed E-state index contributed by atoms with van der Waals surface area (Å²) in [6.45, 7) is 13.4. The number of nitrogens with zero attached hydrogens (tertiary/aromatic N) is 1. The molecule has 0 N–H and O–H groups in total. The maximum Gasteiger partial charge on any atom is 0.119 e. The molecule has 0 bridgehead atoms. The number of likely N-dealkylation sites (tertiary alicyclic amines) is 1. The van der Waals surface area contributed by atoms with E-state index in [9.17, 15) is 0 Å². The van der Waals surface area contributed by atoms with Crippen LogP contribution in [0.15, 0.2) is 24.3 Å². The van der Waals surface area contributed by atoms with Gasteiger partial charge in [-0.25, -0.2) is 0 Å². The molecular weight excluding hydrogens is 246 g/mol. The van der Waals surface area contributed by atoms with Crippen molar-refractivity contribution >= 4 is 0 Å². The third-order valence-corrected chi connectivity index (χ3v) is 4.14. The molecule has 1 fully saturated rings. The molecule has 0 amide bonds. The lowest BCUT2D eigenvalue weighted by Crippen LogP contribution is -2.37. The van der Waals surface area contributed by atoms with Gasteiger partial charge in [0.2, 0.25) is 0 Å². The summed E-state index contributed by atoms with van der Waals surface area (Å²) in [7, 11) is 0. The van der Waals surface area contributed by atoms with E-state index in [1.807, 2.05) is 0 Å². The maximum atomic E-state index is 5.87. The minimum Gasteiger partial charge on any atom is -0.492 e. The highest BCUT2D eigenvalue weighted by Gasteiger charge is 2.16. The molecule has 0 aromatic heterocycles. The van der Waals surface area contributed by atoms with Crippen LogP contribution in [0.2, 0.25) is 0 Å². The van der Waals surface area contributed by atoms with Crippen LogP contribution in [-0.2, 0) is 5.41 Å². The van der Waals surface area contributed by atoms with Gasteiger partial charge in [-0.2, -0.15) is 0 Å². The number of hydrogen-bond acceptors (Lipinski definition) is 2. The van der Waals surface area contributed by atoms with Crippen LogP contribution in [0.4, 0.5) is 0 Å². The van der Waals surface area contributed by atoms with Crippen LogP contribution in [0.5, 0.6) is 5.75 Å². The van der Waals surface area contributed by atoms with Gasteiger partial charge in [-0.05, 0) is 48.4 Å². The molecule has 1 saturated heterocycles. The number of ether oxygens (including phenoxy) is 1. The van der Waals surface area contributed by atoms with E-state index in [2.05, 4.69) is 56.9 Å². The molecular formula is C18H29NO. The largest absolute Gasteiger partial charge is 0.492 e. The van der Waals surface area contributed by atoms with Crippen LogP contribution < -0.4 is 4.74 Å². The summed E-state index contributed by atoms with van der Waals surface area (Å²) in [5, 5.41) is 0. The molecule has 0 saturated carbocycles. The first kappa shape index (κ1) is 15.4. The Morgan fingerprint density at radius 3 is 2.50 bits per heavy atom. The van der Waals surface area contributed by atoms with E-state index in [1.54, 1.807) is 0 Å². The normalized spacial score (nSPS) is 20.9. The van der Waals surface area contributed by atoms with Gasteiger partial charge in [0.25, 0.3) is 0 Å². The summed E-state index contributed by atoms with van der Waals surface area (Å²) < 4.78 is 5.87. The fourth-order valence-electron chi connectivity index (χ4n) is 2.83. The first-order chi connectivity index (χ1) is 9.45. The topological polar surface area (TPSA) is 12.5 Å². The first-order valence-electron chi connectivity index (χ1n) is 7.91. The fourth-order valence-corrected chi connectivity index (χ4v) is 2.83. The van der Waals surface area contributed by atoms with Crippen LogP contribution in [0.1, 0.15) is 46.1 Å². The molecule has 0 aliphatic carbocycles. The molecule has 0 radical (unpaired) electrons. The lowest BCUT2D eigenvalue weighted by molar-refractivity contribution is 0.153. The first-order valence-corrected chi connectivity index (χ1v) is 7.91. The average Bonchev–Trinajstić information content (AvgIpc) is 2.38. The van der Waals surface area contributed by atoms with E-state index < -0.39 is 0 Å². The molecule has 1 heterocycles. The van der Waals surface area contributed by atoms with Gasteiger partial charge >= 0.3 is 0 Å². The molecule has 2 nitrogen and oxygen atoms in total. The molecule has 0 spiro atoms. The highest BCUT2D eigenvalue weighted by molar-refractivity contribution is 5.31. The summed E-state index contributed by atoms with van der Waals surface area (Å²) in [5.41, 5.74) is 1.57. The second-order valence-corrected chi connectivity index (χ2v) is 7.17. The molecule has 1 aliphatic heterocycles. The molecule has 2 heteroatoms. The van der Waals surface area contributed by atoms with E-state index in [-0.39, 0.29) is 5.41 Å². The molecule has 1 aliphatic rings. The fraction of sp³-hybridized carbons (Fsp3) is 0.667. The Hall–Kier alpha value is -1.02. The third kappa shape index (κ3) is 4.52. The van der Waals surface area contributed by atoms with Gasteiger partial charge in [-0.1, -0.05) is 39.8 Å². The Morgan fingerprint density at radius 2 is 1.90 bits per heavy atom. The molecule has 1 aromatic carbocycles. The summed E-state index contributed by atoms with van der Waals surface area (Å²) in [6, 6.07) is 8.55. The smallest absolute Gasteiger partial charge is 0.119 e. The van der Waals surface area contributed by atoms with Crippen molar-refractivity contribution in [1.82, 2.24) is 4.90 Å². The Bertz CT molecular complexity index is 404. The molecule has 1 unspecified atom stereocenters. The monoisotopic (exact) mass is 275 g/mol. The second kappa shape index (κ2) is 6.62. The average molecular weight is 275 g/mol. The maximum absolute atomic E-state index is 5.87. The zero-order valence-electron chi connectivity index (χ0n) is 13.5. The van der Waals surface area contributed by atoms with Crippen molar-refractivity contribution in [3.8, 4) is 5.75 Å². The number of hydrogen-bond donors (Lipinski definition) is 0. The van der Waals surface area contributed by atoms with Crippen molar-refractivity contribution < 1.29 is 4.74 Å². The predicted molar refractivity (Wildman–Crippen MR) is 85.5 cm³/mol. The Morgan fingerprint density at radius 1 is 1.20 bits per heavy atom. The summed E-state index contributed by atoms with van der Waals surface area (Å²) in [4.78, 5) is 2.53. The molecule has 112 valence electrons. The summed E-state index contributed by atoms with van der Waals surface area (Å²) >= 11 is 0. The lowest BCUT2D eigenvalue weighted by Gasteiger charge is -2.30. The van der Waals surface area contributed by atoms with E-state index >= 15 is 0 Å². The molecule has 20 heavy (non-hydrogen) atoms. The molecule has 2 rings (SSSR count). The van der Waals surface area contributed by atoms with Gasteiger partial charge < -0.3 is 4.74 Å². The summed E-state index contributed by atoms with van der Waals surface area (Å²) in [6.07, 6.45) is 2.72. The van der Waals surface area contributed by atoms with Crippen molar-refractivity contribution in [3.63, 3.8) is 0 Å². The second-order valence-electron chi connectivity index (χ2n) is 7.17. The van der Waals surface area contributed by atoms with Crippen LogP contribution in [0, 0.1) is 5.92 Å². The van der Waals surface area contributed by atoms with Crippen molar-refractivity contribution in [2.45, 2.75) is 46.0 Å². The van der Waals surface area contributed by atoms with Gasteiger partial charge in [-0.15, -0.1) is 0 Å². The zero-order valence-corrected chi connectivity index (χ0v) is 13.5. The van der Waals surface area contributed by atoms with Crippen molar-refractivity contribution in [1.29, 1.82) is 0 Å². The quantitative estimate of drug-likeness (QED) is 0.820. The van der Waals surface area contributed by atoms with Gasteiger partial charge in [0.05, 0.1) is 0 Å². The molecule has 1 atom stereocenters. The lowest BCUT2D eigenvalue weighted by atomic mass is 9.87. The van der Waals surface area contributed by atoms with E-state index in [0.29, 0.717) is 0 Å². The number of rotatable bonds is 4. The van der Waals surface area contributed by atoms with Crippen molar-refractivity contribution in [3.05, 3.63) is 29.8 Å². The van der Waals surface area contributed by atoms with Gasteiger partial charge in [0.1, 0.15) is 12.4 Å². The summed E-state index contributed by atoms with van der Waals surface area (Å²) in [5.74, 6) is 1.83. The Kier molecular flexibility index (Phi) is 5.09. The number of piperidine rings is 1. The van der Waals surface area contributed by atoms with Crippen LogP contribution in [-0.4, -0.2) is 31.1 Å². The number of benzene rings is 1.